The number of phosphoric ester groups is 1. The van der Waals surface area contributed by atoms with Crippen LogP contribution in [0.5, 0.6) is 0 Å². The van der Waals surface area contributed by atoms with Gasteiger partial charge in [-0.1, -0.05) is 158 Å². The Morgan fingerprint density at radius 2 is 1.10 bits per heavy atom. The Bertz CT molecular complexity index is 1020. The molecule has 2 unspecified atom stereocenters. The molecule has 0 amide bonds. The molecule has 0 rings (SSSR count). The zero-order valence-corrected chi connectivity index (χ0v) is 33.9. The summed E-state index contributed by atoms with van der Waals surface area (Å²) in [4.78, 5) is 22.4. The summed E-state index contributed by atoms with van der Waals surface area (Å²) in [5.41, 5.74) is 5.35. The smallest absolute Gasteiger partial charge is 0.472 e. The average molecular weight is 750 g/mol. The summed E-state index contributed by atoms with van der Waals surface area (Å²) in [5, 5.41) is 0. The van der Waals surface area contributed by atoms with E-state index in [1.165, 1.54) is 83.5 Å². The molecule has 2 atom stereocenters. The van der Waals surface area contributed by atoms with Crippen LogP contribution in [0.25, 0.3) is 0 Å². The summed E-state index contributed by atoms with van der Waals surface area (Å²) < 4.78 is 33.1. The van der Waals surface area contributed by atoms with E-state index < -0.39 is 19.9 Å². The van der Waals surface area contributed by atoms with Crippen LogP contribution in [-0.4, -0.2) is 43.3 Å². The summed E-state index contributed by atoms with van der Waals surface area (Å²) >= 11 is 0. The van der Waals surface area contributed by atoms with Gasteiger partial charge >= 0.3 is 13.8 Å². The Balaban J connectivity index is 4.23. The zero-order valence-electron chi connectivity index (χ0n) is 33.0. The molecule has 0 radical (unpaired) electrons. The molecule has 0 spiro atoms. The first-order valence-corrected chi connectivity index (χ1v) is 22.0. The van der Waals surface area contributed by atoms with Gasteiger partial charge in [0, 0.05) is 13.0 Å². The van der Waals surface area contributed by atoms with E-state index in [0.29, 0.717) is 6.42 Å². The van der Waals surface area contributed by atoms with Gasteiger partial charge < -0.3 is 20.1 Å². The number of phosphoric acid groups is 1. The van der Waals surface area contributed by atoms with Crippen molar-refractivity contribution in [2.24, 2.45) is 5.73 Å². The minimum absolute atomic E-state index is 0.00659. The SMILES string of the molecule is CCC=CCC=CCC=CCC=CCC=CCCCC(=O)OC(COC=CCCCCCCCCCCCCCCCC)COP(=O)(O)OCCN. The van der Waals surface area contributed by atoms with Gasteiger partial charge in [-0.15, -0.1) is 0 Å². The fourth-order valence-corrected chi connectivity index (χ4v) is 6.00. The number of carbonyl (C=O) groups is 1. The minimum Gasteiger partial charge on any atom is -0.498 e. The number of hydrogen-bond acceptors (Lipinski definition) is 7. The van der Waals surface area contributed by atoms with Crippen LogP contribution in [-0.2, 0) is 27.9 Å². The first-order chi connectivity index (χ1) is 25.4. The fraction of sp³-hybridized carbons (Fsp3) is 0.698. The lowest BCUT2D eigenvalue weighted by atomic mass is 10.0. The van der Waals surface area contributed by atoms with Crippen molar-refractivity contribution in [1.82, 2.24) is 0 Å². The van der Waals surface area contributed by atoms with Crippen LogP contribution in [0.2, 0.25) is 0 Å². The van der Waals surface area contributed by atoms with Crippen LogP contribution < -0.4 is 5.73 Å². The first-order valence-electron chi connectivity index (χ1n) is 20.5. The molecule has 52 heavy (non-hydrogen) atoms. The molecule has 9 heteroatoms. The fourth-order valence-electron chi connectivity index (χ4n) is 5.23. The third kappa shape index (κ3) is 39.0. The van der Waals surface area contributed by atoms with Crippen molar-refractivity contribution >= 4 is 13.8 Å². The summed E-state index contributed by atoms with van der Waals surface area (Å²) in [6.07, 6.45) is 50.2. The highest BCUT2D eigenvalue weighted by Gasteiger charge is 2.25. The highest BCUT2D eigenvalue weighted by atomic mass is 31.2. The second-order valence-electron chi connectivity index (χ2n) is 13.2. The third-order valence-electron chi connectivity index (χ3n) is 8.20. The maximum atomic E-state index is 12.5. The molecular weight excluding hydrogens is 673 g/mol. The van der Waals surface area contributed by atoms with E-state index in [1.54, 1.807) is 6.26 Å². The molecule has 8 nitrogen and oxygen atoms in total. The lowest BCUT2D eigenvalue weighted by molar-refractivity contribution is -0.153. The Labute approximate surface area is 318 Å². The van der Waals surface area contributed by atoms with Gasteiger partial charge in [0.15, 0.2) is 6.10 Å². The number of ether oxygens (including phenoxy) is 2. The lowest BCUT2D eigenvalue weighted by Gasteiger charge is -2.19. The van der Waals surface area contributed by atoms with Gasteiger partial charge in [-0.2, -0.15) is 0 Å². The second-order valence-corrected chi connectivity index (χ2v) is 14.6. The molecule has 0 saturated heterocycles. The van der Waals surface area contributed by atoms with E-state index in [1.807, 2.05) is 6.08 Å². The Morgan fingerprint density at radius 1 is 0.615 bits per heavy atom. The largest absolute Gasteiger partial charge is 0.498 e. The van der Waals surface area contributed by atoms with Crippen LogP contribution in [0.1, 0.15) is 162 Å². The van der Waals surface area contributed by atoms with E-state index in [4.69, 9.17) is 24.3 Å². The van der Waals surface area contributed by atoms with Crippen LogP contribution in [0.4, 0.5) is 0 Å². The van der Waals surface area contributed by atoms with Gasteiger partial charge in [0.1, 0.15) is 6.61 Å². The summed E-state index contributed by atoms with van der Waals surface area (Å²) in [6, 6.07) is 0. The molecule has 300 valence electrons. The Morgan fingerprint density at radius 3 is 1.62 bits per heavy atom. The van der Waals surface area contributed by atoms with Crippen LogP contribution in [0, 0.1) is 0 Å². The minimum atomic E-state index is -4.31. The van der Waals surface area contributed by atoms with Crippen molar-refractivity contribution in [3.05, 3.63) is 73.1 Å². The van der Waals surface area contributed by atoms with Crippen LogP contribution in [0.3, 0.4) is 0 Å². The molecule has 0 bridgehead atoms. The van der Waals surface area contributed by atoms with Crippen LogP contribution >= 0.6 is 7.82 Å². The normalized spacial score (nSPS) is 14.2. The quantitative estimate of drug-likeness (QED) is 0.0211. The van der Waals surface area contributed by atoms with Crippen molar-refractivity contribution in [3.63, 3.8) is 0 Å². The monoisotopic (exact) mass is 750 g/mol. The molecule has 0 fully saturated rings. The Hall–Kier alpha value is -2.22. The highest BCUT2D eigenvalue weighted by Crippen LogP contribution is 2.43. The van der Waals surface area contributed by atoms with Crippen molar-refractivity contribution in [3.8, 4) is 0 Å². The van der Waals surface area contributed by atoms with Crippen molar-refractivity contribution in [2.45, 2.75) is 168 Å². The number of allylic oxidation sites excluding steroid dienone is 11. The van der Waals surface area contributed by atoms with Gasteiger partial charge in [0.25, 0.3) is 0 Å². The van der Waals surface area contributed by atoms with Gasteiger partial charge in [0.2, 0.25) is 0 Å². The standard InChI is InChI=1S/C43H76NO7P/c1-3-5-7-9-11-13-15-17-19-21-22-24-26-28-30-32-34-36-43(45)51-42(41-50-52(46,47)49-39-37-44)40-48-38-35-33-31-29-27-25-23-20-18-16-14-12-10-8-6-4-2/h5,7,11,13,17,19,22,24,28,30,35,38,42H,3-4,6,8-10,12,14-16,18,20-21,23,25-27,29,31-34,36-37,39-41,44H2,1-2H3,(H,46,47). The van der Waals surface area contributed by atoms with Crippen molar-refractivity contribution < 1.29 is 32.8 Å². The maximum Gasteiger partial charge on any atom is 0.472 e. The van der Waals surface area contributed by atoms with Gasteiger partial charge in [-0.3, -0.25) is 13.8 Å². The predicted molar refractivity (Wildman–Crippen MR) is 219 cm³/mol. The number of carbonyl (C=O) groups excluding carboxylic acids is 1. The third-order valence-corrected chi connectivity index (χ3v) is 9.19. The molecule has 0 aliphatic carbocycles. The van der Waals surface area contributed by atoms with E-state index >= 15 is 0 Å². The number of esters is 1. The van der Waals surface area contributed by atoms with Gasteiger partial charge in [0.05, 0.1) is 19.5 Å². The number of unbranched alkanes of at least 4 members (excludes halogenated alkanes) is 15. The Kier molecular flexibility index (Phi) is 38.3. The topological polar surface area (TPSA) is 117 Å². The number of rotatable bonds is 38. The second kappa shape index (κ2) is 40.0. The maximum absolute atomic E-state index is 12.5. The van der Waals surface area contributed by atoms with E-state index in [9.17, 15) is 14.3 Å². The molecule has 0 heterocycles. The van der Waals surface area contributed by atoms with Crippen LogP contribution in [0.15, 0.2) is 73.1 Å². The summed E-state index contributed by atoms with van der Waals surface area (Å²) in [5.74, 6) is -0.411. The molecule has 0 aromatic rings. The molecule has 3 N–H and O–H groups in total. The number of hydrogen-bond donors (Lipinski definition) is 2. The number of nitrogens with two attached hydrogens (primary N) is 1. The zero-order chi connectivity index (χ0) is 38.1. The molecule has 0 saturated carbocycles. The lowest BCUT2D eigenvalue weighted by Crippen LogP contribution is -2.27. The van der Waals surface area contributed by atoms with Crippen molar-refractivity contribution in [2.75, 3.05) is 26.4 Å². The first kappa shape index (κ1) is 49.8. The van der Waals surface area contributed by atoms with E-state index in [2.05, 4.69) is 74.6 Å². The molecular formula is C43H76NO7P. The molecule has 0 aromatic heterocycles. The van der Waals surface area contributed by atoms with E-state index in [0.717, 1.165) is 51.4 Å². The average Bonchev–Trinajstić information content (AvgIpc) is 3.13. The summed E-state index contributed by atoms with van der Waals surface area (Å²) in [7, 11) is -4.31. The summed E-state index contributed by atoms with van der Waals surface area (Å²) in [6.45, 7) is 4.05. The van der Waals surface area contributed by atoms with Gasteiger partial charge in [-0.25, -0.2) is 4.57 Å². The molecule has 0 aliphatic rings. The molecule has 0 aliphatic heterocycles. The predicted octanol–water partition coefficient (Wildman–Crippen LogP) is 12.3. The molecule has 0 aromatic carbocycles. The van der Waals surface area contributed by atoms with Gasteiger partial charge in [-0.05, 0) is 63.9 Å². The van der Waals surface area contributed by atoms with E-state index in [-0.39, 0.29) is 32.8 Å². The highest BCUT2D eigenvalue weighted by molar-refractivity contribution is 7.47. The van der Waals surface area contributed by atoms with Crippen molar-refractivity contribution in [1.29, 1.82) is 0 Å².